The first-order chi connectivity index (χ1) is 12.9. The van der Waals surface area contributed by atoms with Crippen molar-refractivity contribution in [2.24, 2.45) is 0 Å². The van der Waals surface area contributed by atoms with Crippen molar-refractivity contribution in [2.45, 2.75) is 32.7 Å². The number of ether oxygens (including phenoxy) is 1. The van der Waals surface area contributed by atoms with Crippen LogP contribution in [0, 0.1) is 0 Å². The van der Waals surface area contributed by atoms with Crippen molar-refractivity contribution in [2.75, 3.05) is 7.11 Å². The first-order valence-electron chi connectivity index (χ1n) is 8.73. The van der Waals surface area contributed by atoms with Gasteiger partial charge in [0.15, 0.2) is 0 Å². The fraction of sp³-hybridized carbons (Fsp3) is 0.286. The lowest BCUT2D eigenvalue weighted by Gasteiger charge is -2.18. The van der Waals surface area contributed by atoms with Gasteiger partial charge in [0.1, 0.15) is 5.75 Å². The first-order valence-corrected chi connectivity index (χ1v) is 8.73. The standard InChI is InChI=1S/C21H23N3O3/c1-21(2,3)15-11-9-14(10-12-15)20(25)22-13-18-23-19(24-27-18)16-7-5-6-8-17(16)26-4/h5-12H,13H2,1-4H3,(H,22,25). The lowest BCUT2D eigenvalue weighted by atomic mass is 9.87. The van der Waals surface area contributed by atoms with Crippen LogP contribution in [0.3, 0.4) is 0 Å². The van der Waals surface area contributed by atoms with Crippen LogP contribution in [0.4, 0.5) is 0 Å². The van der Waals surface area contributed by atoms with Crippen LogP contribution in [-0.2, 0) is 12.0 Å². The molecule has 1 amide bonds. The number of methoxy groups -OCH3 is 1. The van der Waals surface area contributed by atoms with Gasteiger partial charge in [0, 0.05) is 5.56 Å². The summed E-state index contributed by atoms with van der Waals surface area (Å²) < 4.78 is 10.5. The molecule has 6 nitrogen and oxygen atoms in total. The molecule has 0 aliphatic heterocycles. The second-order valence-corrected chi connectivity index (χ2v) is 7.22. The van der Waals surface area contributed by atoms with E-state index < -0.39 is 0 Å². The van der Waals surface area contributed by atoms with E-state index in [0.717, 1.165) is 5.56 Å². The Morgan fingerprint density at radius 3 is 2.48 bits per heavy atom. The van der Waals surface area contributed by atoms with Gasteiger partial charge in [0.05, 0.1) is 19.2 Å². The molecule has 0 aliphatic carbocycles. The summed E-state index contributed by atoms with van der Waals surface area (Å²) in [6, 6.07) is 15.0. The van der Waals surface area contributed by atoms with Crippen LogP contribution < -0.4 is 10.1 Å². The molecule has 0 aliphatic rings. The van der Waals surface area contributed by atoms with Crippen LogP contribution in [-0.4, -0.2) is 23.2 Å². The average molecular weight is 365 g/mol. The number of para-hydroxylation sites is 1. The molecule has 3 aromatic rings. The highest BCUT2D eigenvalue weighted by Crippen LogP contribution is 2.27. The summed E-state index contributed by atoms with van der Waals surface area (Å²) in [5.74, 6) is 1.22. The minimum Gasteiger partial charge on any atom is -0.496 e. The molecule has 0 unspecified atom stereocenters. The maximum absolute atomic E-state index is 12.3. The number of hydrogen-bond acceptors (Lipinski definition) is 5. The molecule has 0 fully saturated rings. The average Bonchev–Trinajstić information content (AvgIpc) is 3.14. The van der Waals surface area contributed by atoms with E-state index in [0.29, 0.717) is 23.0 Å². The number of aromatic nitrogens is 2. The molecule has 2 aromatic carbocycles. The van der Waals surface area contributed by atoms with Gasteiger partial charge >= 0.3 is 0 Å². The van der Waals surface area contributed by atoms with Crippen molar-refractivity contribution in [1.82, 2.24) is 15.5 Å². The van der Waals surface area contributed by atoms with Crippen LogP contribution in [0.2, 0.25) is 0 Å². The van der Waals surface area contributed by atoms with E-state index in [1.54, 1.807) is 7.11 Å². The predicted octanol–water partition coefficient (Wildman–Crippen LogP) is 3.97. The van der Waals surface area contributed by atoms with Crippen LogP contribution >= 0.6 is 0 Å². The number of nitrogens with one attached hydrogen (secondary N) is 1. The van der Waals surface area contributed by atoms with Gasteiger partial charge in [-0.15, -0.1) is 0 Å². The molecule has 0 saturated carbocycles. The minimum atomic E-state index is -0.187. The molecule has 140 valence electrons. The van der Waals surface area contributed by atoms with Crippen LogP contribution in [0.15, 0.2) is 53.1 Å². The van der Waals surface area contributed by atoms with Gasteiger partial charge in [0.2, 0.25) is 11.7 Å². The third kappa shape index (κ3) is 4.34. The molecule has 1 aromatic heterocycles. The summed E-state index contributed by atoms with van der Waals surface area (Å²) in [6.07, 6.45) is 0. The maximum Gasteiger partial charge on any atom is 0.251 e. The van der Waals surface area contributed by atoms with Gasteiger partial charge in [-0.25, -0.2) is 0 Å². The van der Waals surface area contributed by atoms with Crippen molar-refractivity contribution >= 4 is 5.91 Å². The van der Waals surface area contributed by atoms with E-state index in [2.05, 4.69) is 36.2 Å². The maximum atomic E-state index is 12.3. The van der Waals surface area contributed by atoms with E-state index in [4.69, 9.17) is 9.26 Å². The molecule has 0 atom stereocenters. The first kappa shape index (κ1) is 18.6. The highest BCUT2D eigenvalue weighted by molar-refractivity contribution is 5.94. The van der Waals surface area contributed by atoms with E-state index in [1.807, 2.05) is 48.5 Å². The number of hydrogen-bond donors (Lipinski definition) is 1. The summed E-state index contributed by atoms with van der Waals surface area (Å²) in [6.45, 7) is 6.56. The third-order valence-electron chi connectivity index (χ3n) is 4.23. The molecule has 0 spiro atoms. The van der Waals surface area contributed by atoms with Gasteiger partial charge < -0.3 is 14.6 Å². The zero-order chi connectivity index (χ0) is 19.4. The normalized spacial score (nSPS) is 11.3. The van der Waals surface area contributed by atoms with Crippen molar-refractivity contribution in [1.29, 1.82) is 0 Å². The largest absolute Gasteiger partial charge is 0.496 e. The molecule has 1 N–H and O–H groups in total. The van der Waals surface area contributed by atoms with Crippen LogP contribution in [0.5, 0.6) is 5.75 Å². The van der Waals surface area contributed by atoms with Crippen molar-refractivity contribution in [3.05, 3.63) is 65.5 Å². The Morgan fingerprint density at radius 2 is 1.81 bits per heavy atom. The van der Waals surface area contributed by atoms with Crippen molar-refractivity contribution < 1.29 is 14.1 Å². The molecular formula is C21H23N3O3. The van der Waals surface area contributed by atoms with Gasteiger partial charge in [-0.05, 0) is 35.2 Å². The third-order valence-corrected chi connectivity index (χ3v) is 4.23. The molecule has 0 radical (unpaired) electrons. The summed E-state index contributed by atoms with van der Waals surface area (Å²) in [4.78, 5) is 16.7. The predicted molar refractivity (Wildman–Crippen MR) is 103 cm³/mol. The molecular weight excluding hydrogens is 342 g/mol. The quantitative estimate of drug-likeness (QED) is 0.740. The molecule has 0 saturated heterocycles. The van der Waals surface area contributed by atoms with Crippen LogP contribution in [0.25, 0.3) is 11.4 Å². The number of nitrogens with zero attached hydrogens (tertiary/aromatic N) is 2. The van der Waals surface area contributed by atoms with Gasteiger partial charge in [0.25, 0.3) is 5.91 Å². The fourth-order valence-electron chi connectivity index (χ4n) is 2.64. The lowest BCUT2D eigenvalue weighted by molar-refractivity contribution is 0.0946. The zero-order valence-corrected chi connectivity index (χ0v) is 15.9. The molecule has 0 bridgehead atoms. The second-order valence-electron chi connectivity index (χ2n) is 7.22. The Balaban J connectivity index is 1.65. The highest BCUT2D eigenvalue weighted by atomic mass is 16.5. The smallest absolute Gasteiger partial charge is 0.251 e. The molecule has 1 heterocycles. The van der Waals surface area contributed by atoms with Gasteiger partial charge in [-0.2, -0.15) is 4.98 Å². The fourth-order valence-corrected chi connectivity index (χ4v) is 2.64. The highest BCUT2D eigenvalue weighted by Gasteiger charge is 2.16. The summed E-state index contributed by atoms with van der Waals surface area (Å²) in [5, 5.41) is 6.77. The number of amides is 1. The minimum absolute atomic E-state index is 0.0493. The van der Waals surface area contributed by atoms with Crippen molar-refractivity contribution in [3.63, 3.8) is 0 Å². The number of carbonyl (C=O) groups is 1. The Kier molecular flexibility index (Phi) is 5.26. The van der Waals surface area contributed by atoms with E-state index >= 15 is 0 Å². The van der Waals surface area contributed by atoms with E-state index in [1.165, 1.54) is 5.56 Å². The van der Waals surface area contributed by atoms with Crippen molar-refractivity contribution in [3.8, 4) is 17.1 Å². The van der Waals surface area contributed by atoms with Crippen LogP contribution in [0.1, 0.15) is 42.6 Å². The molecule has 3 rings (SSSR count). The number of carbonyl (C=O) groups excluding carboxylic acids is 1. The van der Waals surface area contributed by atoms with Gasteiger partial charge in [-0.3, -0.25) is 4.79 Å². The summed E-state index contributed by atoms with van der Waals surface area (Å²) in [5.41, 5.74) is 2.55. The van der Waals surface area contributed by atoms with Gasteiger partial charge in [-0.1, -0.05) is 50.2 Å². The zero-order valence-electron chi connectivity index (χ0n) is 15.9. The molecule has 6 heteroatoms. The van der Waals surface area contributed by atoms with E-state index in [9.17, 15) is 4.79 Å². The summed E-state index contributed by atoms with van der Waals surface area (Å²) >= 11 is 0. The Morgan fingerprint density at radius 1 is 1.11 bits per heavy atom. The molecule has 27 heavy (non-hydrogen) atoms. The second kappa shape index (κ2) is 7.61. The lowest BCUT2D eigenvalue weighted by Crippen LogP contribution is -2.23. The monoisotopic (exact) mass is 365 g/mol. The Bertz CT molecular complexity index is 924. The SMILES string of the molecule is COc1ccccc1-c1noc(CNC(=O)c2ccc(C(C)(C)C)cc2)n1. The topological polar surface area (TPSA) is 77.3 Å². The van der Waals surface area contributed by atoms with E-state index in [-0.39, 0.29) is 17.9 Å². The number of rotatable bonds is 5. The summed E-state index contributed by atoms with van der Waals surface area (Å²) in [7, 11) is 1.59. The Labute approximate surface area is 158 Å². The Hall–Kier alpha value is -3.15. The number of benzene rings is 2.